The number of alkyl carbamates (subject to hydrolysis) is 1. The lowest BCUT2D eigenvalue weighted by Gasteiger charge is -2.32. The van der Waals surface area contributed by atoms with E-state index in [9.17, 15) is 9.90 Å². The zero-order valence-corrected chi connectivity index (χ0v) is 16.5. The summed E-state index contributed by atoms with van der Waals surface area (Å²) in [4.78, 5) is 13.3. The maximum atomic E-state index is 12.2. The topological polar surface area (TPSA) is 70.6 Å². The summed E-state index contributed by atoms with van der Waals surface area (Å²) in [5, 5.41) is 14.5. The molecule has 2 aromatic carbocycles. The van der Waals surface area contributed by atoms with E-state index in [0.29, 0.717) is 12.2 Å². The number of benzene rings is 2. The molecule has 0 aliphatic rings. The zero-order chi connectivity index (χ0) is 19.5. The lowest BCUT2D eigenvalue weighted by atomic mass is 10.2. The molecular weight excluding hydrogens is 362 g/mol. The van der Waals surface area contributed by atoms with Crippen LogP contribution in [0.1, 0.15) is 25.8 Å². The molecule has 0 aliphatic heterocycles. The number of rotatable bonds is 10. The van der Waals surface area contributed by atoms with E-state index in [1.165, 1.54) is 13.8 Å². The summed E-state index contributed by atoms with van der Waals surface area (Å²) in [5.74, 6) is -0.780. The number of ether oxygens (including phenoxy) is 2. The molecular formula is C21H26NO4S-. The van der Waals surface area contributed by atoms with Gasteiger partial charge in [0.2, 0.25) is 0 Å². The third kappa shape index (κ3) is 9.47. The van der Waals surface area contributed by atoms with E-state index in [0.717, 1.165) is 10.5 Å². The molecule has 6 heteroatoms. The fourth-order valence-corrected chi connectivity index (χ4v) is 3.28. The minimum Gasteiger partial charge on any atom is -0.829 e. The molecule has 0 unspecified atom stereocenters. The van der Waals surface area contributed by atoms with Crippen LogP contribution in [0.15, 0.2) is 65.6 Å². The predicted octanol–water partition coefficient (Wildman–Crippen LogP) is 3.58. The van der Waals surface area contributed by atoms with Gasteiger partial charge in [-0.05, 0) is 29.9 Å². The molecule has 0 spiro atoms. The van der Waals surface area contributed by atoms with Gasteiger partial charge in [-0.2, -0.15) is 0 Å². The van der Waals surface area contributed by atoms with E-state index in [1.54, 1.807) is 11.8 Å². The van der Waals surface area contributed by atoms with E-state index in [4.69, 9.17) is 9.47 Å². The summed E-state index contributed by atoms with van der Waals surface area (Å²) < 4.78 is 10.6. The highest BCUT2D eigenvalue weighted by atomic mass is 32.2. The molecule has 0 radical (unpaired) electrons. The van der Waals surface area contributed by atoms with Crippen molar-refractivity contribution < 1.29 is 19.4 Å². The van der Waals surface area contributed by atoms with Gasteiger partial charge in [-0.25, -0.2) is 4.79 Å². The molecule has 5 nitrogen and oxygen atoms in total. The molecule has 0 saturated carbocycles. The van der Waals surface area contributed by atoms with E-state index < -0.39 is 11.9 Å². The van der Waals surface area contributed by atoms with Crippen LogP contribution in [0.4, 0.5) is 4.79 Å². The number of thioether (sulfide) groups is 1. The molecule has 0 bridgehead atoms. The van der Waals surface area contributed by atoms with Crippen molar-refractivity contribution in [1.29, 1.82) is 0 Å². The lowest BCUT2D eigenvalue weighted by molar-refractivity contribution is -0.542. The van der Waals surface area contributed by atoms with Crippen LogP contribution in [-0.4, -0.2) is 30.3 Å². The Kier molecular flexibility index (Phi) is 8.64. The van der Waals surface area contributed by atoms with Crippen LogP contribution in [-0.2, 0) is 16.1 Å². The van der Waals surface area contributed by atoms with Crippen LogP contribution >= 0.6 is 11.8 Å². The number of carbonyl (C=O) groups excluding carboxylic acids is 1. The van der Waals surface area contributed by atoms with Crippen molar-refractivity contribution in [2.75, 3.05) is 12.4 Å². The highest BCUT2D eigenvalue weighted by molar-refractivity contribution is 7.99. The van der Waals surface area contributed by atoms with Gasteiger partial charge in [0, 0.05) is 23.3 Å². The maximum Gasteiger partial charge on any atom is 0.407 e. The van der Waals surface area contributed by atoms with Crippen LogP contribution in [0.2, 0.25) is 0 Å². The molecule has 2 aromatic rings. The molecule has 0 fully saturated rings. The number of hydrogen-bond acceptors (Lipinski definition) is 5. The highest BCUT2D eigenvalue weighted by Gasteiger charge is 2.15. The van der Waals surface area contributed by atoms with Crippen molar-refractivity contribution in [3.8, 4) is 0 Å². The molecule has 0 saturated heterocycles. The van der Waals surface area contributed by atoms with Gasteiger partial charge in [0.1, 0.15) is 6.61 Å². The summed E-state index contributed by atoms with van der Waals surface area (Å²) in [6.07, 6.45) is 0.0604. The normalized spacial score (nSPS) is 12.4. The SMILES string of the molecule is CC(C)([O-])OCC[C@H](CSc1ccccc1)NC(=O)OCc1ccccc1. The summed E-state index contributed by atoms with van der Waals surface area (Å²) >= 11 is 1.64. The van der Waals surface area contributed by atoms with Crippen molar-refractivity contribution in [2.24, 2.45) is 0 Å². The van der Waals surface area contributed by atoms with Crippen LogP contribution < -0.4 is 10.4 Å². The Morgan fingerprint density at radius 1 is 1.11 bits per heavy atom. The molecule has 146 valence electrons. The van der Waals surface area contributed by atoms with Gasteiger partial charge in [0.05, 0.1) is 0 Å². The Hall–Kier alpha value is -2.02. The van der Waals surface area contributed by atoms with Gasteiger partial charge in [-0.3, -0.25) is 0 Å². The van der Waals surface area contributed by atoms with Gasteiger partial charge in [0.15, 0.2) is 0 Å². The minimum absolute atomic E-state index is 0.166. The standard InChI is InChI=1S/C21H26NO4S/c1-21(2,24)26-14-13-18(16-27-19-11-7-4-8-12-19)22-20(23)25-15-17-9-5-3-6-10-17/h3-12,18H,13-16H2,1-2H3,(H,22,23)/q-1/t18-/m1/s1. The monoisotopic (exact) mass is 388 g/mol. The van der Waals surface area contributed by atoms with Crippen LogP contribution in [0.5, 0.6) is 0 Å². The van der Waals surface area contributed by atoms with E-state index >= 15 is 0 Å². The van der Waals surface area contributed by atoms with Crippen LogP contribution in [0.3, 0.4) is 0 Å². The van der Waals surface area contributed by atoms with Crippen molar-refractivity contribution >= 4 is 17.9 Å². The van der Waals surface area contributed by atoms with Gasteiger partial charge < -0.3 is 19.9 Å². The number of nitrogens with one attached hydrogen (secondary N) is 1. The summed E-state index contributed by atoms with van der Waals surface area (Å²) in [6, 6.07) is 19.3. The largest absolute Gasteiger partial charge is 0.829 e. The maximum absolute atomic E-state index is 12.2. The van der Waals surface area contributed by atoms with Gasteiger partial charge >= 0.3 is 6.09 Å². The highest BCUT2D eigenvalue weighted by Crippen LogP contribution is 2.19. The lowest BCUT2D eigenvalue weighted by Crippen LogP contribution is -2.42. The van der Waals surface area contributed by atoms with Crippen LogP contribution in [0, 0.1) is 0 Å². The fourth-order valence-electron chi connectivity index (χ4n) is 2.29. The van der Waals surface area contributed by atoms with Crippen molar-refractivity contribution in [3.63, 3.8) is 0 Å². The third-order valence-corrected chi connectivity index (χ3v) is 4.82. The second-order valence-corrected chi connectivity index (χ2v) is 7.66. The Bertz CT molecular complexity index is 674. The second-order valence-electron chi connectivity index (χ2n) is 6.56. The molecule has 0 heterocycles. The smallest absolute Gasteiger partial charge is 0.407 e. The van der Waals surface area contributed by atoms with E-state index in [-0.39, 0.29) is 19.3 Å². The first kappa shape index (κ1) is 21.3. The first-order chi connectivity index (χ1) is 12.9. The number of amides is 1. The van der Waals surface area contributed by atoms with Crippen molar-refractivity contribution in [1.82, 2.24) is 5.32 Å². The van der Waals surface area contributed by atoms with E-state index in [2.05, 4.69) is 5.32 Å². The fraction of sp³-hybridized carbons (Fsp3) is 0.381. The number of hydrogen-bond donors (Lipinski definition) is 1. The van der Waals surface area contributed by atoms with Gasteiger partial charge in [-0.15, -0.1) is 11.8 Å². The van der Waals surface area contributed by atoms with Gasteiger partial charge in [-0.1, -0.05) is 62.4 Å². The summed E-state index contributed by atoms with van der Waals surface area (Å²) in [6.45, 7) is 3.44. The van der Waals surface area contributed by atoms with Crippen LogP contribution in [0.25, 0.3) is 0 Å². The minimum atomic E-state index is -1.44. The van der Waals surface area contributed by atoms with Gasteiger partial charge in [0.25, 0.3) is 0 Å². The first-order valence-electron chi connectivity index (χ1n) is 8.92. The molecule has 27 heavy (non-hydrogen) atoms. The first-order valence-corrected chi connectivity index (χ1v) is 9.90. The average molecular weight is 389 g/mol. The predicted molar refractivity (Wildman–Crippen MR) is 105 cm³/mol. The van der Waals surface area contributed by atoms with Crippen molar-refractivity contribution in [2.45, 2.75) is 43.6 Å². The Balaban J connectivity index is 1.84. The quantitative estimate of drug-likeness (QED) is 0.498. The summed E-state index contributed by atoms with van der Waals surface area (Å²) in [7, 11) is 0. The Morgan fingerprint density at radius 2 is 1.74 bits per heavy atom. The molecule has 1 N–H and O–H groups in total. The molecule has 1 amide bonds. The van der Waals surface area contributed by atoms with Crippen molar-refractivity contribution in [3.05, 3.63) is 66.2 Å². The van der Waals surface area contributed by atoms with E-state index in [1.807, 2.05) is 60.7 Å². The molecule has 0 aliphatic carbocycles. The molecule has 1 atom stereocenters. The second kappa shape index (κ2) is 11.0. The average Bonchev–Trinajstić information content (AvgIpc) is 2.65. The summed E-state index contributed by atoms with van der Waals surface area (Å²) in [5.41, 5.74) is 0.930. The Morgan fingerprint density at radius 3 is 2.37 bits per heavy atom. The number of carbonyl (C=O) groups is 1. The molecule has 0 aromatic heterocycles. The zero-order valence-electron chi connectivity index (χ0n) is 15.7. The molecule has 2 rings (SSSR count). The Labute approximate surface area is 165 Å². The third-order valence-electron chi connectivity index (χ3n) is 3.65.